The first kappa shape index (κ1) is 27.1. The van der Waals surface area contributed by atoms with Crippen molar-refractivity contribution in [2.45, 2.75) is 56.8 Å². The van der Waals surface area contributed by atoms with E-state index in [2.05, 4.69) is 46.1 Å². The Labute approximate surface area is 225 Å². The van der Waals surface area contributed by atoms with Crippen LogP contribution >= 0.6 is 0 Å². The molecule has 8 nitrogen and oxygen atoms in total. The summed E-state index contributed by atoms with van der Waals surface area (Å²) in [6, 6.07) is 8.16. The van der Waals surface area contributed by atoms with E-state index in [0.29, 0.717) is 18.1 Å². The van der Waals surface area contributed by atoms with Crippen molar-refractivity contribution in [2.24, 2.45) is 0 Å². The third kappa shape index (κ3) is 6.59. The maximum atomic E-state index is 13.9. The van der Waals surface area contributed by atoms with Crippen LogP contribution in [0.1, 0.15) is 19.0 Å². The van der Waals surface area contributed by atoms with E-state index in [0.717, 1.165) is 42.1 Å². The molecule has 2 heterocycles. The summed E-state index contributed by atoms with van der Waals surface area (Å²) < 4.78 is 42.3. The monoisotopic (exact) mass is 513 g/mol. The van der Waals surface area contributed by atoms with E-state index in [-0.39, 0.29) is 42.9 Å². The van der Waals surface area contributed by atoms with Crippen molar-refractivity contribution >= 4 is 30.8 Å². The number of fused-ring (bicyclic) bond motifs is 1. The molecule has 4 rings (SSSR count). The smallest absolute Gasteiger partial charge is 1.00 e. The molecule has 1 aliphatic carbocycles. The van der Waals surface area contributed by atoms with E-state index in [1.54, 1.807) is 6.07 Å². The number of nitrogens with zero attached hydrogens (tertiary/aromatic N) is 4. The Morgan fingerprint density at radius 1 is 1.29 bits per heavy atom. The standard InChI is InChI=1S/C22H28FN5O3SSi.Na.H/c1-33(2,3)12-11-31-14-28-21(26-22(27-28)32(29)30)25-20-17-6-4-5-15(17)7-8-18(20)16-9-10-24-19(23)13-16;;/h7-10,13H,4-6,11-12,14H2,1-3H3,(H,29,30)(H,25,26,27);;/q;+1;-1. The molecule has 2 aromatic heterocycles. The van der Waals surface area contributed by atoms with Crippen LogP contribution in [0.4, 0.5) is 16.0 Å². The molecule has 2 N–H and O–H groups in total. The van der Waals surface area contributed by atoms with E-state index in [1.165, 1.54) is 22.5 Å². The molecule has 0 saturated carbocycles. The number of aryl methyl sites for hydroxylation is 1. The molecule has 1 aromatic carbocycles. The number of halogens is 1. The number of hydrogen-bond donors (Lipinski definition) is 2. The topological polar surface area (TPSA) is 102 Å². The molecule has 1 unspecified atom stereocenters. The van der Waals surface area contributed by atoms with Gasteiger partial charge in [-0.25, -0.2) is 13.9 Å². The van der Waals surface area contributed by atoms with Gasteiger partial charge in [-0.15, -0.1) is 5.10 Å². The van der Waals surface area contributed by atoms with Crippen LogP contribution < -0.4 is 34.9 Å². The van der Waals surface area contributed by atoms with Crippen LogP contribution in [0.15, 0.2) is 35.6 Å². The molecular weight excluding hydrogens is 484 g/mol. The number of nitrogens with one attached hydrogen (secondary N) is 1. The van der Waals surface area contributed by atoms with Gasteiger partial charge in [-0.2, -0.15) is 9.37 Å². The molecule has 178 valence electrons. The van der Waals surface area contributed by atoms with E-state index in [4.69, 9.17) is 4.74 Å². The van der Waals surface area contributed by atoms with Gasteiger partial charge in [-0.3, -0.25) is 4.55 Å². The van der Waals surface area contributed by atoms with E-state index in [1.807, 2.05) is 6.07 Å². The second-order valence-electron chi connectivity index (χ2n) is 9.29. The van der Waals surface area contributed by atoms with Crippen molar-refractivity contribution in [2.75, 3.05) is 11.9 Å². The summed E-state index contributed by atoms with van der Waals surface area (Å²) >= 11 is -2.33. The second-order valence-corrected chi connectivity index (χ2v) is 15.8. The van der Waals surface area contributed by atoms with Crippen molar-refractivity contribution in [1.82, 2.24) is 19.7 Å². The quantitative estimate of drug-likeness (QED) is 0.194. The van der Waals surface area contributed by atoms with Gasteiger partial charge in [-0.1, -0.05) is 31.8 Å². The van der Waals surface area contributed by atoms with Crippen LogP contribution in [0.2, 0.25) is 25.7 Å². The second kappa shape index (κ2) is 11.5. The Morgan fingerprint density at radius 3 is 2.79 bits per heavy atom. The fourth-order valence-corrected chi connectivity index (χ4v) is 4.93. The van der Waals surface area contributed by atoms with Gasteiger partial charge in [0.1, 0.15) is 6.73 Å². The Bertz CT molecular complexity index is 1190. The fourth-order valence-electron chi connectivity index (χ4n) is 3.84. The molecule has 0 saturated heterocycles. The fraction of sp³-hybridized carbons (Fsp3) is 0.409. The molecule has 1 aliphatic rings. The Hall–Kier alpha value is -1.47. The molecule has 12 heteroatoms. The summed E-state index contributed by atoms with van der Waals surface area (Å²) in [4.78, 5) is 7.90. The van der Waals surface area contributed by atoms with E-state index in [9.17, 15) is 13.2 Å². The molecule has 0 aliphatic heterocycles. The first-order chi connectivity index (χ1) is 15.7. The zero-order valence-electron chi connectivity index (χ0n) is 21.0. The summed E-state index contributed by atoms with van der Waals surface area (Å²) in [5, 5.41) is 7.28. The number of rotatable bonds is 9. The summed E-state index contributed by atoms with van der Waals surface area (Å²) in [6.45, 7) is 7.49. The first-order valence-electron chi connectivity index (χ1n) is 10.9. The molecule has 0 fully saturated rings. The maximum Gasteiger partial charge on any atom is 1.00 e. The van der Waals surface area contributed by atoms with Crippen LogP contribution in [0, 0.1) is 5.95 Å². The SMILES string of the molecule is C[Si](C)(C)CCOCn1nc(S(=O)O)nc1Nc1c(-c2ccnc(F)c2)ccc2c1CCC2.[H-].[Na+]. The van der Waals surface area contributed by atoms with Crippen molar-refractivity contribution in [3.8, 4) is 11.1 Å². The summed E-state index contributed by atoms with van der Waals surface area (Å²) in [6.07, 6.45) is 4.30. The predicted octanol–water partition coefficient (Wildman–Crippen LogP) is 1.72. The average Bonchev–Trinajstić information content (AvgIpc) is 3.38. The summed E-state index contributed by atoms with van der Waals surface area (Å²) in [7, 11) is -1.25. The van der Waals surface area contributed by atoms with Crippen LogP contribution in [-0.4, -0.2) is 43.2 Å². The minimum Gasteiger partial charge on any atom is -1.00 e. The van der Waals surface area contributed by atoms with Crippen molar-refractivity contribution in [3.63, 3.8) is 0 Å². The van der Waals surface area contributed by atoms with Gasteiger partial charge < -0.3 is 11.5 Å². The molecular formula is C22H29FN5NaO3SSi. The Kier molecular flexibility index (Phi) is 9.18. The van der Waals surface area contributed by atoms with Crippen molar-refractivity contribution < 1.29 is 48.9 Å². The molecule has 0 bridgehead atoms. The third-order valence-corrected chi connectivity index (χ3v) is 7.77. The van der Waals surface area contributed by atoms with Gasteiger partial charge in [0.05, 0.1) is 5.69 Å². The molecule has 0 spiro atoms. The van der Waals surface area contributed by atoms with Gasteiger partial charge in [0.25, 0.3) is 5.16 Å². The molecule has 0 amide bonds. The van der Waals surface area contributed by atoms with Gasteiger partial charge in [0.2, 0.25) is 23.0 Å². The minimum absolute atomic E-state index is 0. The number of aromatic nitrogens is 4. The molecule has 0 radical (unpaired) electrons. The number of anilines is 2. The zero-order valence-corrected chi connectivity index (χ0v) is 23.8. The van der Waals surface area contributed by atoms with E-state index < -0.39 is 25.1 Å². The van der Waals surface area contributed by atoms with Crippen LogP contribution in [-0.2, 0) is 35.4 Å². The number of ether oxygens (including phenoxy) is 1. The number of pyridine rings is 1. The largest absolute Gasteiger partial charge is 1.00 e. The molecule has 3 aromatic rings. The van der Waals surface area contributed by atoms with Gasteiger partial charge in [-0.05, 0) is 48.1 Å². The van der Waals surface area contributed by atoms with Crippen LogP contribution in [0.3, 0.4) is 0 Å². The van der Waals surface area contributed by atoms with Gasteiger partial charge in [0, 0.05) is 32.5 Å². The molecule has 1 atom stereocenters. The third-order valence-electron chi connectivity index (χ3n) is 5.58. The van der Waals surface area contributed by atoms with Gasteiger partial charge >= 0.3 is 29.6 Å². The minimum atomic E-state index is -2.33. The Morgan fingerprint density at radius 2 is 2.09 bits per heavy atom. The summed E-state index contributed by atoms with van der Waals surface area (Å²) in [5.41, 5.74) is 4.63. The zero-order chi connectivity index (χ0) is 23.6. The Balaban J connectivity index is 0.00000216. The average molecular weight is 514 g/mol. The first-order valence-corrected chi connectivity index (χ1v) is 15.7. The maximum absolute atomic E-state index is 13.9. The van der Waals surface area contributed by atoms with Crippen LogP contribution in [0.5, 0.6) is 0 Å². The van der Waals surface area contributed by atoms with Crippen LogP contribution in [0.25, 0.3) is 11.1 Å². The van der Waals surface area contributed by atoms with Crippen molar-refractivity contribution in [3.05, 3.63) is 47.5 Å². The normalized spacial score (nSPS) is 13.9. The van der Waals surface area contributed by atoms with Gasteiger partial charge in [0.15, 0.2) is 0 Å². The number of hydrogen-bond acceptors (Lipinski definition) is 6. The van der Waals surface area contributed by atoms with Crippen molar-refractivity contribution in [1.29, 1.82) is 0 Å². The molecule has 34 heavy (non-hydrogen) atoms. The van der Waals surface area contributed by atoms with E-state index >= 15 is 0 Å². The predicted molar refractivity (Wildman–Crippen MR) is 129 cm³/mol. The summed E-state index contributed by atoms with van der Waals surface area (Å²) in [5.74, 6) is -0.257. The number of benzene rings is 1.